The van der Waals surface area contributed by atoms with Crippen molar-refractivity contribution in [2.24, 2.45) is 0 Å². The van der Waals surface area contributed by atoms with Gasteiger partial charge in [0.15, 0.2) is 0 Å². The minimum atomic E-state index is -4.46. The Labute approximate surface area is 143 Å². The quantitative estimate of drug-likeness (QED) is 0.808. The lowest BCUT2D eigenvalue weighted by atomic mass is 9.93. The fourth-order valence-corrected chi connectivity index (χ4v) is 2.80. The summed E-state index contributed by atoms with van der Waals surface area (Å²) in [5.74, 6) is -0.833. The Hall–Kier alpha value is -2.31. The molecule has 134 valence electrons. The highest BCUT2D eigenvalue weighted by molar-refractivity contribution is 6.05. The van der Waals surface area contributed by atoms with Crippen LogP contribution in [0.1, 0.15) is 54.1 Å². The number of rotatable bonds is 4. The van der Waals surface area contributed by atoms with E-state index in [1.807, 2.05) is 0 Å². The van der Waals surface area contributed by atoms with Gasteiger partial charge in [-0.05, 0) is 36.5 Å². The fraction of sp³-hybridized carbons (Fsp3) is 0.444. The number of nitrogens with one attached hydrogen (secondary N) is 1. The minimum absolute atomic E-state index is 0.0632. The van der Waals surface area contributed by atoms with Gasteiger partial charge in [0.2, 0.25) is 0 Å². The van der Waals surface area contributed by atoms with Crippen LogP contribution in [0.4, 0.5) is 18.9 Å². The molecule has 1 fully saturated rings. The smallest absolute Gasteiger partial charge is 0.416 e. The molecule has 7 heteroatoms. The Kier molecular flexibility index (Phi) is 4.34. The van der Waals surface area contributed by atoms with Crippen molar-refractivity contribution in [1.82, 2.24) is 4.98 Å². The number of benzene rings is 1. The Balaban J connectivity index is 2.19. The molecule has 0 spiro atoms. The van der Waals surface area contributed by atoms with E-state index in [2.05, 4.69) is 10.3 Å². The van der Waals surface area contributed by atoms with E-state index in [0.717, 1.165) is 18.9 Å². The van der Waals surface area contributed by atoms with E-state index in [-0.39, 0.29) is 28.7 Å². The summed E-state index contributed by atoms with van der Waals surface area (Å²) in [7, 11) is 1.62. The minimum Gasteiger partial charge on any atom is -0.459 e. The molecule has 1 saturated carbocycles. The maximum Gasteiger partial charge on any atom is 0.416 e. The second-order valence-corrected chi connectivity index (χ2v) is 6.51. The van der Waals surface area contributed by atoms with Gasteiger partial charge < -0.3 is 10.1 Å². The summed E-state index contributed by atoms with van der Waals surface area (Å²) in [6.45, 7) is 3.40. The number of alkyl halides is 3. The maximum absolute atomic E-state index is 13.4. The molecule has 25 heavy (non-hydrogen) atoms. The van der Waals surface area contributed by atoms with Crippen molar-refractivity contribution < 1.29 is 22.7 Å². The van der Waals surface area contributed by atoms with Crippen LogP contribution in [-0.2, 0) is 10.9 Å². The number of carbonyl (C=O) groups excluding carboxylic acids is 1. The summed E-state index contributed by atoms with van der Waals surface area (Å²) >= 11 is 0. The van der Waals surface area contributed by atoms with Crippen LogP contribution in [0.5, 0.6) is 0 Å². The Morgan fingerprint density at radius 3 is 2.52 bits per heavy atom. The van der Waals surface area contributed by atoms with E-state index >= 15 is 0 Å². The van der Waals surface area contributed by atoms with Crippen molar-refractivity contribution in [2.75, 3.05) is 12.4 Å². The summed E-state index contributed by atoms with van der Waals surface area (Å²) in [6.07, 6.45) is -1.57. The van der Waals surface area contributed by atoms with Crippen LogP contribution in [0.25, 0.3) is 10.9 Å². The van der Waals surface area contributed by atoms with Crippen molar-refractivity contribution in [2.45, 2.75) is 44.9 Å². The number of pyridine rings is 1. The van der Waals surface area contributed by atoms with Crippen LogP contribution < -0.4 is 5.32 Å². The summed E-state index contributed by atoms with van der Waals surface area (Å²) in [6, 6.07) is 2.51. The van der Waals surface area contributed by atoms with Crippen molar-refractivity contribution in [1.29, 1.82) is 0 Å². The molecule has 1 aliphatic rings. The largest absolute Gasteiger partial charge is 0.459 e. The number of carbonyl (C=O) groups is 1. The van der Waals surface area contributed by atoms with Gasteiger partial charge in [0.25, 0.3) is 0 Å². The topological polar surface area (TPSA) is 51.2 Å². The first-order valence-corrected chi connectivity index (χ1v) is 8.15. The third-order valence-electron chi connectivity index (χ3n) is 4.23. The lowest BCUT2D eigenvalue weighted by molar-refractivity contribution is -0.138. The second-order valence-electron chi connectivity index (χ2n) is 6.51. The lowest BCUT2D eigenvalue weighted by Crippen LogP contribution is -2.13. The van der Waals surface area contributed by atoms with Gasteiger partial charge in [-0.25, -0.2) is 4.79 Å². The predicted molar refractivity (Wildman–Crippen MR) is 88.8 cm³/mol. The van der Waals surface area contributed by atoms with Crippen LogP contribution >= 0.6 is 0 Å². The van der Waals surface area contributed by atoms with Crippen molar-refractivity contribution >= 4 is 22.6 Å². The summed E-state index contributed by atoms with van der Waals surface area (Å²) < 4.78 is 45.4. The molecule has 3 rings (SSSR count). The number of fused-ring (bicyclic) bond motifs is 1. The number of ether oxygens (including phenoxy) is 1. The number of halogens is 3. The SMILES string of the molecule is CNc1c(C(=O)OC2CC2)cnc2cc(C(F)(F)F)c(C(C)C)cc12. The zero-order chi connectivity index (χ0) is 18.4. The Bertz CT molecular complexity index is 827. The molecule has 0 radical (unpaired) electrons. The Morgan fingerprint density at radius 2 is 2.00 bits per heavy atom. The van der Waals surface area contributed by atoms with Gasteiger partial charge in [0, 0.05) is 18.6 Å². The molecular weight excluding hydrogens is 333 g/mol. The Morgan fingerprint density at radius 1 is 1.32 bits per heavy atom. The molecule has 1 N–H and O–H groups in total. The van der Waals surface area contributed by atoms with Gasteiger partial charge in [-0.1, -0.05) is 13.8 Å². The molecule has 0 unspecified atom stereocenters. The van der Waals surface area contributed by atoms with Gasteiger partial charge in [-0.15, -0.1) is 0 Å². The maximum atomic E-state index is 13.4. The van der Waals surface area contributed by atoms with Gasteiger partial charge in [-0.3, -0.25) is 4.98 Å². The van der Waals surface area contributed by atoms with Crippen LogP contribution in [0.15, 0.2) is 18.3 Å². The molecule has 1 aromatic heterocycles. The highest BCUT2D eigenvalue weighted by Gasteiger charge is 2.35. The van der Waals surface area contributed by atoms with Crippen molar-refractivity contribution in [3.05, 3.63) is 35.0 Å². The summed E-state index contributed by atoms with van der Waals surface area (Å²) in [5.41, 5.74) is 0.329. The highest BCUT2D eigenvalue weighted by atomic mass is 19.4. The standard InChI is InChI=1S/C18H19F3N2O2/c1-9(2)11-6-12-15(7-14(11)18(19,20)21)23-8-13(16(12)22-3)17(24)25-10-4-5-10/h6-10H,4-5H2,1-3H3,(H,22,23). The highest BCUT2D eigenvalue weighted by Crippen LogP contribution is 2.39. The molecular formula is C18H19F3N2O2. The summed E-state index contributed by atoms with van der Waals surface area (Å²) in [4.78, 5) is 16.4. The summed E-state index contributed by atoms with van der Waals surface area (Å²) in [5, 5.41) is 3.39. The molecule has 0 bridgehead atoms. The van der Waals surface area contributed by atoms with Gasteiger partial charge >= 0.3 is 12.1 Å². The van der Waals surface area contributed by atoms with Gasteiger partial charge in [0.1, 0.15) is 11.7 Å². The number of esters is 1. The number of aromatic nitrogens is 1. The number of anilines is 1. The first-order valence-electron chi connectivity index (χ1n) is 8.15. The van der Waals surface area contributed by atoms with Crippen molar-refractivity contribution in [3.8, 4) is 0 Å². The van der Waals surface area contributed by atoms with Crippen LogP contribution in [0.2, 0.25) is 0 Å². The van der Waals surface area contributed by atoms with Crippen LogP contribution in [0.3, 0.4) is 0 Å². The molecule has 1 heterocycles. The third-order valence-corrected chi connectivity index (χ3v) is 4.23. The fourth-order valence-electron chi connectivity index (χ4n) is 2.80. The molecule has 2 aromatic rings. The number of nitrogens with zero attached hydrogens (tertiary/aromatic N) is 1. The molecule has 1 aromatic carbocycles. The van der Waals surface area contributed by atoms with Gasteiger partial charge in [-0.2, -0.15) is 13.2 Å². The predicted octanol–water partition coefficient (Wildman–Crippen LogP) is 4.74. The number of hydrogen-bond donors (Lipinski definition) is 1. The van der Waals surface area contributed by atoms with E-state index in [1.165, 1.54) is 12.3 Å². The third kappa shape index (κ3) is 3.41. The molecule has 0 atom stereocenters. The first kappa shape index (κ1) is 17.5. The normalized spacial score (nSPS) is 14.8. The molecule has 0 aliphatic heterocycles. The van der Waals surface area contributed by atoms with Crippen LogP contribution in [-0.4, -0.2) is 24.1 Å². The zero-order valence-electron chi connectivity index (χ0n) is 14.2. The van der Waals surface area contributed by atoms with E-state index < -0.39 is 17.7 Å². The van der Waals surface area contributed by atoms with Gasteiger partial charge in [0.05, 0.1) is 16.8 Å². The average Bonchev–Trinajstić information content (AvgIpc) is 3.35. The van der Waals surface area contributed by atoms with Crippen LogP contribution in [0, 0.1) is 0 Å². The van der Waals surface area contributed by atoms with E-state index in [9.17, 15) is 18.0 Å². The number of hydrogen-bond acceptors (Lipinski definition) is 4. The zero-order valence-corrected chi connectivity index (χ0v) is 14.2. The molecule has 1 aliphatic carbocycles. The monoisotopic (exact) mass is 352 g/mol. The second kappa shape index (κ2) is 6.20. The lowest BCUT2D eigenvalue weighted by Gasteiger charge is -2.18. The van der Waals surface area contributed by atoms with E-state index in [1.54, 1.807) is 20.9 Å². The molecule has 0 saturated heterocycles. The molecule has 0 amide bonds. The first-order chi connectivity index (χ1) is 11.7. The average molecular weight is 352 g/mol. The van der Waals surface area contributed by atoms with E-state index in [4.69, 9.17) is 4.74 Å². The molecule has 4 nitrogen and oxygen atoms in total. The van der Waals surface area contributed by atoms with Crippen molar-refractivity contribution in [3.63, 3.8) is 0 Å². The van der Waals surface area contributed by atoms with E-state index in [0.29, 0.717) is 11.1 Å².